The summed E-state index contributed by atoms with van der Waals surface area (Å²) < 4.78 is 7.46. The molecule has 0 radical (unpaired) electrons. The van der Waals surface area contributed by atoms with E-state index < -0.39 is 0 Å². The second-order valence-corrected chi connectivity index (χ2v) is 10.5. The summed E-state index contributed by atoms with van der Waals surface area (Å²) in [6.07, 6.45) is 4.66. The number of carbonyl (C=O) groups excluding carboxylic acids is 2. The van der Waals surface area contributed by atoms with Gasteiger partial charge in [-0.2, -0.15) is 0 Å². The highest BCUT2D eigenvalue weighted by Crippen LogP contribution is 2.30. The number of para-hydroxylation sites is 1. The van der Waals surface area contributed by atoms with Crippen LogP contribution in [0.1, 0.15) is 47.1 Å². The van der Waals surface area contributed by atoms with Crippen molar-refractivity contribution in [2.75, 3.05) is 37.0 Å². The van der Waals surface area contributed by atoms with Gasteiger partial charge in [0.25, 0.3) is 0 Å². The standard InChI is InChI=1S/C31H34N6O3/c1-4-26-29(23-7-5-6-8-27(23)35(26)2)30(38)25-18-28(33-19-32-25)36-14-12-21(13-15-36)37-16-11-20-17-22(40-3)9-10-24(20)34-31(37)39/h5-10,17-19,21H,4,11-16H2,1-3H3,(H,34,39). The molecule has 1 N–H and O–H groups in total. The van der Waals surface area contributed by atoms with Gasteiger partial charge in [-0.3, -0.25) is 4.79 Å². The number of hydrogen-bond acceptors (Lipinski definition) is 6. The van der Waals surface area contributed by atoms with Crippen molar-refractivity contribution in [3.63, 3.8) is 0 Å². The van der Waals surface area contributed by atoms with Crippen molar-refractivity contribution >= 4 is 34.2 Å². The molecule has 0 unspecified atom stereocenters. The van der Waals surface area contributed by atoms with Gasteiger partial charge < -0.3 is 24.4 Å². The highest BCUT2D eigenvalue weighted by atomic mass is 16.5. The largest absolute Gasteiger partial charge is 0.497 e. The molecule has 0 saturated carbocycles. The van der Waals surface area contributed by atoms with E-state index in [1.54, 1.807) is 7.11 Å². The maximum absolute atomic E-state index is 13.8. The van der Waals surface area contributed by atoms with E-state index in [0.29, 0.717) is 12.2 Å². The molecular formula is C31H34N6O3. The summed E-state index contributed by atoms with van der Waals surface area (Å²) in [6, 6.07) is 15.7. The Morgan fingerprint density at radius 1 is 1.07 bits per heavy atom. The smallest absolute Gasteiger partial charge is 0.322 e. The first-order valence-corrected chi connectivity index (χ1v) is 13.9. The molecule has 40 heavy (non-hydrogen) atoms. The number of nitrogens with zero attached hydrogens (tertiary/aromatic N) is 5. The number of rotatable bonds is 6. The minimum Gasteiger partial charge on any atom is -0.497 e. The van der Waals surface area contributed by atoms with Crippen LogP contribution in [0.3, 0.4) is 0 Å². The van der Waals surface area contributed by atoms with Gasteiger partial charge in [-0.1, -0.05) is 25.1 Å². The summed E-state index contributed by atoms with van der Waals surface area (Å²) >= 11 is 0. The maximum atomic E-state index is 13.8. The van der Waals surface area contributed by atoms with Crippen molar-refractivity contribution in [1.82, 2.24) is 19.4 Å². The summed E-state index contributed by atoms with van der Waals surface area (Å²) in [5.74, 6) is 1.46. The number of aromatic nitrogens is 3. The van der Waals surface area contributed by atoms with Crippen LogP contribution < -0.4 is 15.0 Å². The van der Waals surface area contributed by atoms with Crippen molar-refractivity contribution < 1.29 is 14.3 Å². The quantitative estimate of drug-likeness (QED) is 0.354. The first-order valence-electron chi connectivity index (χ1n) is 13.9. The molecule has 9 nitrogen and oxygen atoms in total. The number of amides is 2. The fraction of sp³-hybridized carbons (Fsp3) is 0.355. The van der Waals surface area contributed by atoms with Crippen LogP contribution >= 0.6 is 0 Å². The van der Waals surface area contributed by atoms with Crippen LogP contribution in [0.25, 0.3) is 10.9 Å². The number of methoxy groups -OCH3 is 1. The SMILES string of the molecule is CCc1c(C(=O)c2cc(N3CCC(N4CCc5cc(OC)ccc5NC4=O)CC3)ncn2)c2ccccc2n1C. The second-order valence-electron chi connectivity index (χ2n) is 10.5. The fourth-order valence-corrected chi connectivity index (χ4v) is 6.20. The Hall–Kier alpha value is -4.40. The molecule has 6 rings (SSSR count). The minimum atomic E-state index is -0.0791. The van der Waals surface area contributed by atoms with E-state index in [9.17, 15) is 9.59 Å². The molecule has 206 valence electrons. The van der Waals surface area contributed by atoms with Gasteiger partial charge in [-0.25, -0.2) is 14.8 Å². The molecule has 0 atom stereocenters. The van der Waals surface area contributed by atoms with Gasteiger partial charge in [-0.05, 0) is 55.5 Å². The molecule has 1 saturated heterocycles. The first-order chi connectivity index (χ1) is 19.5. The highest BCUT2D eigenvalue weighted by molar-refractivity contribution is 6.17. The van der Waals surface area contributed by atoms with Gasteiger partial charge in [0.05, 0.1) is 12.7 Å². The van der Waals surface area contributed by atoms with Gasteiger partial charge in [0.15, 0.2) is 0 Å². The number of hydrogen-bond donors (Lipinski definition) is 1. The third kappa shape index (κ3) is 4.55. The predicted octanol–water partition coefficient (Wildman–Crippen LogP) is 4.83. The molecule has 2 amide bonds. The summed E-state index contributed by atoms with van der Waals surface area (Å²) in [4.78, 5) is 39.9. The van der Waals surface area contributed by atoms with E-state index in [2.05, 4.69) is 31.7 Å². The van der Waals surface area contributed by atoms with Gasteiger partial charge >= 0.3 is 6.03 Å². The second kappa shape index (κ2) is 10.6. The van der Waals surface area contributed by atoms with Crippen LogP contribution in [0, 0.1) is 0 Å². The van der Waals surface area contributed by atoms with E-state index >= 15 is 0 Å². The Labute approximate surface area is 233 Å². The van der Waals surface area contributed by atoms with Crippen molar-refractivity contribution in [3.8, 4) is 5.75 Å². The summed E-state index contributed by atoms with van der Waals surface area (Å²) in [7, 11) is 3.66. The Morgan fingerprint density at radius 3 is 2.65 bits per heavy atom. The van der Waals surface area contributed by atoms with Crippen LogP contribution in [0.4, 0.5) is 16.3 Å². The molecule has 4 aromatic rings. The monoisotopic (exact) mass is 538 g/mol. The molecule has 0 bridgehead atoms. The van der Waals surface area contributed by atoms with E-state index in [1.807, 2.05) is 60.5 Å². The zero-order chi connectivity index (χ0) is 27.8. The van der Waals surface area contributed by atoms with Crippen LogP contribution in [-0.2, 0) is 19.9 Å². The lowest BCUT2D eigenvalue weighted by Crippen LogP contribution is -2.49. The van der Waals surface area contributed by atoms with E-state index in [4.69, 9.17) is 4.74 Å². The number of urea groups is 1. The Balaban J connectivity index is 1.17. The average Bonchev–Trinajstić information content (AvgIpc) is 3.17. The molecule has 0 aliphatic carbocycles. The Morgan fingerprint density at radius 2 is 1.88 bits per heavy atom. The zero-order valence-electron chi connectivity index (χ0n) is 23.2. The summed E-state index contributed by atoms with van der Waals surface area (Å²) in [5, 5.41) is 4.03. The number of benzene rings is 2. The van der Waals surface area contributed by atoms with Gasteiger partial charge in [0.1, 0.15) is 23.6 Å². The highest BCUT2D eigenvalue weighted by Gasteiger charge is 2.31. The number of nitrogens with one attached hydrogen (secondary N) is 1. The van der Waals surface area contributed by atoms with Crippen molar-refractivity contribution in [3.05, 3.63) is 77.4 Å². The average molecular weight is 539 g/mol. The minimum absolute atomic E-state index is 0.0564. The first kappa shape index (κ1) is 25.9. The molecule has 4 heterocycles. The zero-order valence-corrected chi connectivity index (χ0v) is 23.2. The van der Waals surface area contributed by atoms with Crippen LogP contribution in [0.15, 0.2) is 54.9 Å². The topological polar surface area (TPSA) is 92.6 Å². The molecule has 1 fully saturated rings. The molecule has 9 heteroatoms. The number of fused-ring (bicyclic) bond motifs is 2. The number of anilines is 2. The molecule has 2 aromatic carbocycles. The fourth-order valence-electron chi connectivity index (χ4n) is 6.20. The summed E-state index contributed by atoms with van der Waals surface area (Å²) in [5.41, 5.74) is 5.10. The van der Waals surface area contributed by atoms with E-state index in [1.165, 1.54) is 6.33 Å². The lowest BCUT2D eigenvalue weighted by molar-refractivity contribution is 0.103. The molecule has 2 aliphatic heterocycles. The molecule has 0 spiro atoms. The number of carbonyl (C=O) groups is 2. The van der Waals surface area contributed by atoms with Crippen molar-refractivity contribution in [1.29, 1.82) is 0 Å². The van der Waals surface area contributed by atoms with Crippen LogP contribution in [-0.4, -0.2) is 64.0 Å². The predicted molar refractivity (Wildman–Crippen MR) is 155 cm³/mol. The van der Waals surface area contributed by atoms with E-state index in [0.717, 1.165) is 83.8 Å². The van der Waals surface area contributed by atoms with Gasteiger partial charge in [0.2, 0.25) is 5.78 Å². The summed E-state index contributed by atoms with van der Waals surface area (Å²) in [6.45, 7) is 4.22. The Bertz CT molecular complexity index is 1590. The van der Waals surface area contributed by atoms with Crippen LogP contribution in [0.5, 0.6) is 5.75 Å². The van der Waals surface area contributed by atoms with Gasteiger partial charge in [-0.15, -0.1) is 0 Å². The number of aryl methyl sites for hydroxylation is 1. The number of piperidine rings is 1. The van der Waals surface area contributed by atoms with Crippen LogP contribution in [0.2, 0.25) is 0 Å². The normalized spacial score (nSPS) is 16.0. The third-order valence-corrected chi connectivity index (χ3v) is 8.34. The number of ether oxygens (including phenoxy) is 1. The Kier molecular flexibility index (Phi) is 6.88. The maximum Gasteiger partial charge on any atom is 0.322 e. The molecular weight excluding hydrogens is 504 g/mol. The lowest BCUT2D eigenvalue weighted by Gasteiger charge is -2.38. The third-order valence-electron chi connectivity index (χ3n) is 8.34. The molecule has 2 aromatic heterocycles. The number of ketones is 1. The van der Waals surface area contributed by atoms with Gasteiger partial charge in [0, 0.05) is 61.1 Å². The van der Waals surface area contributed by atoms with Crippen molar-refractivity contribution in [2.45, 2.75) is 38.6 Å². The van der Waals surface area contributed by atoms with Crippen molar-refractivity contribution in [2.24, 2.45) is 7.05 Å². The van der Waals surface area contributed by atoms with E-state index in [-0.39, 0.29) is 17.9 Å². The molecule has 2 aliphatic rings. The lowest BCUT2D eigenvalue weighted by atomic mass is 10.0.